The maximum Gasteiger partial charge on any atom is 0.407 e. The monoisotopic (exact) mass is 607 g/mol. The lowest BCUT2D eigenvalue weighted by Crippen LogP contribution is -2.55. The van der Waals surface area contributed by atoms with Gasteiger partial charge in [0.15, 0.2) is 5.82 Å². The third-order valence-corrected chi connectivity index (χ3v) is 8.64. The summed E-state index contributed by atoms with van der Waals surface area (Å²) >= 11 is 6.34. The van der Waals surface area contributed by atoms with E-state index in [-0.39, 0.29) is 54.3 Å². The number of likely N-dealkylation sites (tertiary alicyclic amines) is 1. The third-order valence-electron chi connectivity index (χ3n) is 8.27. The highest BCUT2D eigenvalue weighted by atomic mass is 35.5. The molecule has 2 aromatic carbocycles. The predicted molar refractivity (Wildman–Crippen MR) is 157 cm³/mol. The number of amides is 1. The zero-order valence-corrected chi connectivity index (χ0v) is 24.1. The van der Waals surface area contributed by atoms with Gasteiger partial charge in [-0.25, -0.2) is 13.6 Å². The average Bonchev–Trinajstić information content (AvgIpc) is 2.99. The number of anilines is 1. The molecule has 222 valence electrons. The molecule has 2 fully saturated rings. The van der Waals surface area contributed by atoms with Crippen molar-refractivity contribution in [3.05, 3.63) is 53.2 Å². The SMILES string of the molecule is CCN1CC[C@H]1COc1nc(N2CCN(C(=O)O)[C@@H](CC#N)C2)c2cnc(-c3cccc4ccc(F)c(Cl)c34)c(F)c2n1. The van der Waals surface area contributed by atoms with Crippen LogP contribution in [-0.4, -0.2) is 87.4 Å². The zero-order valence-electron chi connectivity index (χ0n) is 23.3. The quantitative estimate of drug-likeness (QED) is 0.297. The molecule has 2 aliphatic heterocycles. The minimum Gasteiger partial charge on any atom is -0.465 e. The number of ether oxygens (including phenoxy) is 1. The molecule has 1 N–H and O–H groups in total. The Bertz CT molecular complexity index is 1770. The maximum absolute atomic E-state index is 16.5. The number of hydrogen-bond donors (Lipinski definition) is 1. The van der Waals surface area contributed by atoms with Crippen molar-refractivity contribution >= 4 is 45.2 Å². The van der Waals surface area contributed by atoms with E-state index in [1.54, 1.807) is 24.3 Å². The topological polar surface area (TPSA) is 119 Å². The van der Waals surface area contributed by atoms with Gasteiger partial charge < -0.3 is 19.6 Å². The van der Waals surface area contributed by atoms with Crippen molar-refractivity contribution in [3.63, 3.8) is 0 Å². The number of fused-ring (bicyclic) bond motifs is 2. The third kappa shape index (κ3) is 5.23. The van der Waals surface area contributed by atoms with Crippen LogP contribution in [0.1, 0.15) is 19.8 Å². The second kappa shape index (κ2) is 11.7. The van der Waals surface area contributed by atoms with E-state index < -0.39 is 23.8 Å². The molecule has 0 bridgehead atoms. The van der Waals surface area contributed by atoms with E-state index in [1.807, 2.05) is 4.90 Å². The molecule has 13 heteroatoms. The van der Waals surface area contributed by atoms with E-state index in [0.29, 0.717) is 34.1 Å². The van der Waals surface area contributed by atoms with Gasteiger partial charge in [0.1, 0.15) is 29.5 Å². The number of nitriles is 1. The number of nitrogens with zero attached hydrogens (tertiary/aromatic N) is 7. The summed E-state index contributed by atoms with van der Waals surface area (Å²) in [5, 5.41) is 20.1. The van der Waals surface area contributed by atoms with Crippen LogP contribution in [0.5, 0.6) is 6.01 Å². The average molecular weight is 608 g/mol. The van der Waals surface area contributed by atoms with Gasteiger partial charge in [-0.2, -0.15) is 15.2 Å². The molecule has 1 amide bonds. The molecule has 2 aliphatic rings. The van der Waals surface area contributed by atoms with Gasteiger partial charge in [-0.05, 0) is 24.4 Å². The molecule has 2 atom stereocenters. The minimum absolute atomic E-state index is 0.0150. The van der Waals surface area contributed by atoms with Gasteiger partial charge in [-0.3, -0.25) is 9.88 Å². The van der Waals surface area contributed by atoms with Crippen LogP contribution in [0.4, 0.5) is 19.4 Å². The summed E-state index contributed by atoms with van der Waals surface area (Å²) in [5.41, 5.74) is 0.199. The van der Waals surface area contributed by atoms with E-state index in [0.717, 1.165) is 19.5 Å². The molecule has 0 unspecified atom stereocenters. The second-order valence-corrected chi connectivity index (χ2v) is 11.0. The number of aromatic nitrogens is 3. The van der Waals surface area contributed by atoms with E-state index >= 15 is 4.39 Å². The fraction of sp³-hybridized carbons (Fsp3) is 0.367. The van der Waals surface area contributed by atoms with E-state index in [1.165, 1.54) is 17.2 Å². The van der Waals surface area contributed by atoms with E-state index in [4.69, 9.17) is 16.3 Å². The summed E-state index contributed by atoms with van der Waals surface area (Å²) in [6, 6.07) is 9.53. The molecule has 6 rings (SSSR count). The van der Waals surface area contributed by atoms with Crippen molar-refractivity contribution in [2.24, 2.45) is 0 Å². The molecule has 2 saturated heterocycles. The van der Waals surface area contributed by atoms with Gasteiger partial charge >= 0.3 is 12.1 Å². The number of benzene rings is 2. The van der Waals surface area contributed by atoms with Gasteiger partial charge in [-0.1, -0.05) is 42.8 Å². The summed E-state index contributed by atoms with van der Waals surface area (Å²) in [4.78, 5) is 30.6. The Morgan fingerprint density at radius 3 is 2.74 bits per heavy atom. The normalized spacial score (nSPS) is 19.0. The summed E-state index contributed by atoms with van der Waals surface area (Å²) in [6.07, 6.45) is 1.29. The number of likely N-dealkylation sites (N-methyl/N-ethyl adjacent to an activating group) is 1. The Kier molecular flexibility index (Phi) is 7.85. The summed E-state index contributed by atoms with van der Waals surface area (Å²) in [6.45, 7) is 4.79. The van der Waals surface area contributed by atoms with Crippen LogP contribution in [0.2, 0.25) is 5.02 Å². The van der Waals surface area contributed by atoms with Crippen LogP contribution in [0.15, 0.2) is 36.5 Å². The lowest BCUT2D eigenvalue weighted by Gasteiger charge is -2.40. The Morgan fingerprint density at radius 2 is 2.02 bits per heavy atom. The molecule has 43 heavy (non-hydrogen) atoms. The fourth-order valence-electron chi connectivity index (χ4n) is 5.87. The maximum atomic E-state index is 16.5. The second-order valence-electron chi connectivity index (χ2n) is 10.6. The number of halogens is 3. The predicted octanol–water partition coefficient (Wildman–Crippen LogP) is 5.33. The largest absolute Gasteiger partial charge is 0.465 e. The van der Waals surface area contributed by atoms with Crippen molar-refractivity contribution in [2.75, 3.05) is 44.2 Å². The Balaban J connectivity index is 1.47. The molecule has 4 heterocycles. The first-order valence-corrected chi connectivity index (χ1v) is 14.4. The van der Waals surface area contributed by atoms with Crippen molar-refractivity contribution in [1.29, 1.82) is 5.26 Å². The number of hydrogen-bond acceptors (Lipinski definition) is 8. The van der Waals surface area contributed by atoms with Crippen molar-refractivity contribution in [3.8, 4) is 23.3 Å². The molecular weight excluding hydrogens is 580 g/mol. The highest BCUT2D eigenvalue weighted by Crippen LogP contribution is 2.38. The highest BCUT2D eigenvalue weighted by Gasteiger charge is 2.33. The Labute approximate surface area is 251 Å². The molecule has 0 radical (unpaired) electrons. The van der Waals surface area contributed by atoms with Crippen molar-refractivity contribution in [2.45, 2.75) is 31.8 Å². The summed E-state index contributed by atoms with van der Waals surface area (Å²) in [7, 11) is 0. The van der Waals surface area contributed by atoms with Gasteiger partial charge in [0.25, 0.3) is 0 Å². The standard InChI is InChI=1S/C30H28ClF2N7O3/c1-2-38-11-9-19(38)16-43-29-36-27-21(28(37-29)39-12-13-40(30(41)42)18(15-39)8-10-34)14-35-26(25(27)33)20-5-3-4-17-6-7-22(32)24(31)23(17)20/h3-7,14,18-19H,2,8-9,11-13,15-16H2,1H3,(H,41,42)/t18-,19-/m0/s1. The van der Waals surface area contributed by atoms with Gasteiger partial charge in [-0.15, -0.1) is 0 Å². The first kappa shape index (κ1) is 28.8. The summed E-state index contributed by atoms with van der Waals surface area (Å²) < 4.78 is 37.0. The molecule has 0 saturated carbocycles. The summed E-state index contributed by atoms with van der Waals surface area (Å²) in [5.74, 6) is -1.06. The molecule has 4 aromatic rings. The number of rotatable bonds is 7. The van der Waals surface area contributed by atoms with Gasteiger partial charge in [0, 0.05) is 49.4 Å². The van der Waals surface area contributed by atoms with Crippen LogP contribution in [0.3, 0.4) is 0 Å². The van der Waals surface area contributed by atoms with Gasteiger partial charge in [0.05, 0.1) is 28.9 Å². The van der Waals surface area contributed by atoms with E-state index in [9.17, 15) is 19.6 Å². The molecule has 2 aromatic heterocycles. The molecule has 0 aliphatic carbocycles. The minimum atomic E-state index is -1.11. The Hall–Kier alpha value is -4.34. The highest BCUT2D eigenvalue weighted by molar-refractivity contribution is 6.36. The lowest BCUT2D eigenvalue weighted by molar-refractivity contribution is 0.0530. The number of piperazine rings is 1. The molecule has 10 nitrogen and oxygen atoms in total. The number of pyridine rings is 1. The van der Waals surface area contributed by atoms with Crippen molar-refractivity contribution < 1.29 is 23.4 Å². The molecule has 0 spiro atoms. The smallest absolute Gasteiger partial charge is 0.407 e. The van der Waals surface area contributed by atoms with Crippen LogP contribution in [0.25, 0.3) is 32.9 Å². The van der Waals surface area contributed by atoms with Crippen LogP contribution < -0.4 is 9.64 Å². The van der Waals surface area contributed by atoms with Crippen LogP contribution in [-0.2, 0) is 0 Å². The van der Waals surface area contributed by atoms with Crippen molar-refractivity contribution in [1.82, 2.24) is 24.8 Å². The number of carbonyl (C=O) groups is 1. The molecular formula is C30H28ClF2N7O3. The van der Waals surface area contributed by atoms with Crippen LogP contribution in [0, 0.1) is 23.0 Å². The Morgan fingerprint density at radius 1 is 1.19 bits per heavy atom. The fourth-order valence-corrected chi connectivity index (χ4v) is 6.15. The van der Waals surface area contributed by atoms with Crippen LogP contribution >= 0.6 is 11.6 Å². The first-order chi connectivity index (χ1) is 20.8. The zero-order chi connectivity index (χ0) is 30.2. The number of carboxylic acid groups (broad SMARTS) is 1. The van der Waals surface area contributed by atoms with E-state index in [2.05, 4.69) is 32.8 Å². The van der Waals surface area contributed by atoms with Gasteiger partial charge in [0.2, 0.25) is 0 Å². The first-order valence-electron chi connectivity index (χ1n) is 14.0. The lowest BCUT2D eigenvalue weighted by atomic mass is 10.0.